The highest BCUT2D eigenvalue weighted by Gasteiger charge is 2.06. The van der Waals surface area contributed by atoms with Crippen LogP contribution in [0.3, 0.4) is 0 Å². The molecular weight excluding hydrogens is 330 g/mol. The van der Waals surface area contributed by atoms with E-state index in [9.17, 15) is 9.59 Å². The van der Waals surface area contributed by atoms with Crippen molar-refractivity contribution < 1.29 is 9.59 Å². The summed E-state index contributed by atoms with van der Waals surface area (Å²) in [5, 5.41) is 5.33. The van der Waals surface area contributed by atoms with Gasteiger partial charge in [0, 0.05) is 36.7 Å². The van der Waals surface area contributed by atoms with Crippen LogP contribution in [0.1, 0.15) is 21.5 Å². The second-order valence-corrected chi connectivity index (χ2v) is 5.80. The van der Waals surface area contributed by atoms with E-state index in [1.54, 1.807) is 36.8 Å². The van der Waals surface area contributed by atoms with Crippen LogP contribution in [0.4, 0.5) is 10.5 Å². The number of hydrogen-bond donors (Lipinski definition) is 3. The Bertz CT molecular complexity index is 871. The van der Waals surface area contributed by atoms with E-state index in [0.717, 1.165) is 17.7 Å². The van der Waals surface area contributed by atoms with Gasteiger partial charge >= 0.3 is 6.03 Å². The number of aromatic nitrogens is 2. The molecule has 3 aromatic rings. The lowest BCUT2D eigenvalue weighted by atomic mass is 10.1. The number of carbonyl (C=O) groups is 2. The van der Waals surface area contributed by atoms with Crippen LogP contribution in [0.15, 0.2) is 67.3 Å². The summed E-state index contributed by atoms with van der Waals surface area (Å²) in [5.74, 6) is -0.182. The number of primary amides is 1. The minimum atomic E-state index is -0.640. The van der Waals surface area contributed by atoms with Gasteiger partial charge in [-0.3, -0.25) is 4.79 Å². The normalized spacial score (nSPS) is 10.3. The number of anilines is 1. The van der Waals surface area contributed by atoms with Crippen molar-refractivity contribution in [3.63, 3.8) is 0 Å². The Balaban J connectivity index is 1.53. The molecular formula is C19H19N5O2. The van der Waals surface area contributed by atoms with Crippen LogP contribution in [0.2, 0.25) is 0 Å². The van der Waals surface area contributed by atoms with E-state index >= 15 is 0 Å². The van der Waals surface area contributed by atoms with Crippen molar-refractivity contribution in [1.29, 1.82) is 0 Å². The van der Waals surface area contributed by atoms with E-state index in [1.807, 2.05) is 35.0 Å². The molecule has 0 aliphatic heterocycles. The molecule has 1 aromatic heterocycles. The quantitative estimate of drug-likeness (QED) is 0.636. The fourth-order valence-electron chi connectivity index (χ4n) is 2.49. The predicted molar refractivity (Wildman–Crippen MR) is 98.6 cm³/mol. The topological polar surface area (TPSA) is 102 Å². The molecule has 1 heterocycles. The van der Waals surface area contributed by atoms with Crippen molar-refractivity contribution in [2.45, 2.75) is 13.1 Å². The molecule has 0 aliphatic carbocycles. The number of nitrogens with one attached hydrogen (secondary N) is 2. The molecule has 7 nitrogen and oxygen atoms in total. The van der Waals surface area contributed by atoms with Gasteiger partial charge in [-0.15, -0.1) is 0 Å². The Hall–Kier alpha value is -3.61. The highest BCUT2D eigenvalue weighted by Crippen LogP contribution is 2.10. The smallest absolute Gasteiger partial charge is 0.316 e. The molecule has 132 valence electrons. The predicted octanol–water partition coefficient (Wildman–Crippen LogP) is 2.35. The average molecular weight is 349 g/mol. The van der Waals surface area contributed by atoms with Gasteiger partial charge in [0.1, 0.15) is 0 Å². The Morgan fingerprint density at radius 1 is 1.00 bits per heavy atom. The molecule has 7 heteroatoms. The molecule has 0 saturated heterocycles. The maximum absolute atomic E-state index is 12.2. The van der Waals surface area contributed by atoms with Gasteiger partial charge in [0.2, 0.25) is 0 Å². The van der Waals surface area contributed by atoms with Crippen LogP contribution in [0.5, 0.6) is 0 Å². The third-order valence-corrected chi connectivity index (χ3v) is 3.82. The molecule has 3 amide bonds. The molecule has 3 rings (SSSR count). The zero-order chi connectivity index (χ0) is 18.4. The van der Waals surface area contributed by atoms with Crippen LogP contribution in [-0.2, 0) is 13.1 Å². The molecule has 0 spiro atoms. The summed E-state index contributed by atoms with van der Waals surface area (Å²) in [5.41, 5.74) is 8.28. The first-order valence-electron chi connectivity index (χ1n) is 8.08. The van der Waals surface area contributed by atoms with E-state index in [1.165, 1.54) is 0 Å². The number of benzene rings is 2. The van der Waals surface area contributed by atoms with Gasteiger partial charge in [-0.05, 0) is 35.4 Å². The largest absolute Gasteiger partial charge is 0.351 e. The number of nitrogens with two attached hydrogens (primary N) is 1. The fraction of sp³-hybridized carbons (Fsp3) is 0.105. The second kappa shape index (κ2) is 7.98. The van der Waals surface area contributed by atoms with Gasteiger partial charge in [-0.1, -0.05) is 24.3 Å². The number of rotatable bonds is 6. The van der Waals surface area contributed by atoms with Crippen molar-refractivity contribution in [3.05, 3.63) is 83.9 Å². The maximum Gasteiger partial charge on any atom is 0.316 e. The van der Waals surface area contributed by atoms with Crippen molar-refractivity contribution in [3.8, 4) is 0 Å². The third-order valence-electron chi connectivity index (χ3n) is 3.82. The Morgan fingerprint density at radius 2 is 1.69 bits per heavy atom. The standard InChI is InChI=1S/C19H19N5O2/c20-19(26)23-17-7-5-16(6-8-17)18(25)22-11-14-1-3-15(4-2-14)12-24-10-9-21-13-24/h1-10,13H,11-12H2,(H,22,25)(H3,20,23,26). The minimum Gasteiger partial charge on any atom is -0.351 e. The van der Waals surface area contributed by atoms with Gasteiger partial charge in [-0.2, -0.15) is 0 Å². The molecule has 0 saturated carbocycles. The monoisotopic (exact) mass is 349 g/mol. The number of imidazole rings is 1. The zero-order valence-electron chi connectivity index (χ0n) is 14.1. The molecule has 2 aromatic carbocycles. The van der Waals surface area contributed by atoms with Crippen LogP contribution in [-0.4, -0.2) is 21.5 Å². The van der Waals surface area contributed by atoms with Gasteiger partial charge in [-0.25, -0.2) is 9.78 Å². The van der Waals surface area contributed by atoms with Crippen LogP contribution >= 0.6 is 0 Å². The van der Waals surface area contributed by atoms with Crippen molar-refractivity contribution in [1.82, 2.24) is 14.9 Å². The highest BCUT2D eigenvalue weighted by molar-refractivity contribution is 5.95. The first kappa shape index (κ1) is 17.2. The first-order valence-corrected chi connectivity index (χ1v) is 8.08. The molecule has 0 atom stereocenters. The summed E-state index contributed by atoms with van der Waals surface area (Å²) in [6.45, 7) is 1.20. The van der Waals surface area contributed by atoms with E-state index in [2.05, 4.69) is 15.6 Å². The lowest BCUT2D eigenvalue weighted by molar-refractivity contribution is 0.0951. The summed E-state index contributed by atoms with van der Waals surface area (Å²) in [4.78, 5) is 27.0. The molecule has 0 aliphatic rings. The summed E-state index contributed by atoms with van der Waals surface area (Å²) in [6, 6.07) is 13.9. The third kappa shape index (κ3) is 4.70. The summed E-state index contributed by atoms with van der Waals surface area (Å²) in [6.07, 6.45) is 5.44. The molecule has 0 unspecified atom stereocenters. The zero-order valence-corrected chi connectivity index (χ0v) is 14.1. The Morgan fingerprint density at radius 3 is 2.31 bits per heavy atom. The van der Waals surface area contributed by atoms with Crippen LogP contribution < -0.4 is 16.4 Å². The van der Waals surface area contributed by atoms with Crippen LogP contribution in [0.25, 0.3) is 0 Å². The number of hydrogen-bond acceptors (Lipinski definition) is 3. The SMILES string of the molecule is NC(=O)Nc1ccc(C(=O)NCc2ccc(Cn3ccnc3)cc2)cc1. The van der Waals surface area contributed by atoms with Gasteiger partial charge in [0.05, 0.1) is 6.33 Å². The molecule has 26 heavy (non-hydrogen) atoms. The number of amides is 3. The molecule has 0 radical (unpaired) electrons. The first-order chi connectivity index (χ1) is 12.6. The Kier molecular flexibility index (Phi) is 5.28. The molecule has 4 N–H and O–H groups in total. The second-order valence-electron chi connectivity index (χ2n) is 5.80. The van der Waals surface area contributed by atoms with Gasteiger partial charge in [0.25, 0.3) is 5.91 Å². The van der Waals surface area contributed by atoms with Crippen LogP contribution in [0, 0.1) is 0 Å². The maximum atomic E-state index is 12.2. The van der Waals surface area contributed by atoms with Crippen molar-refractivity contribution >= 4 is 17.6 Å². The average Bonchev–Trinajstić information content (AvgIpc) is 3.14. The summed E-state index contributed by atoms with van der Waals surface area (Å²) in [7, 11) is 0. The van der Waals surface area contributed by atoms with E-state index in [0.29, 0.717) is 17.8 Å². The van der Waals surface area contributed by atoms with Gasteiger partial charge in [0.15, 0.2) is 0 Å². The molecule has 0 fully saturated rings. The lowest BCUT2D eigenvalue weighted by Crippen LogP contribution is -2.23. The van der Waals surface area contributed by atoms with E-state index < -0.39 is 6.03 Å². The van der Waals surface area contributed by atoms with Gasteiger partial charge < -0.3 is 20.9 Å². The fourth-order valence-corrected chi connectivity index (χ4v) is 2.49. The lowest BCUT2D eigenvalue weighted by Gasteiger charge is -2.08. The van der Waals surface area contributed by atoms with E-state index in [4.69, 9.17) is 5.73 Å². The van der Waals surface area contributed by atoms with E-state index in [-0.39, 0.29) is 5.91 Å². The number of nitrogens with zero attached hydrogens (tertiary/aromatic N) is 2. The summed E-state index contributed by atoms with van der Waals surface area (Å²) >= 11 is 0. The minimum absolute atomic E-state index is 0.182. The number of urea groups is 1. The molecule has 0 bridgehead atoms. The number of carbonyl (C=O) groups excluding carboxylic acids is 2. The summed E-state index contributed by atoms with van der Waals surface area (Å²) < 4.78 is 1.99. The Labute approximate surface area is 150 Å². The van der Waals surface area contributed by atoms with Crippen molar-refractivity contribution in [2.24, 2.45) is 5.73 Å². The highest BCUT2D eigenvalue weighted by atomic mass is 16.2. The van der Waals surface area contributed by atoms with Crippen molar-refractivity contribution in [2.75, 3.05) is 5.32 Å².